The summed E-state index contributed by atoms with van der Waals surface area (Å²) in [5.41, 5.74) is 2.81. The molecule has 2 atom stereocenters. The van der Waals surface area contributed by atoms with E-state index in [9.17, 15) is 24.3 Å². The highest BCUT2D eigenvalue weighted by Gasteiger charge is 2.36. The van der Waals surface area contributed by atoms with Crippen molar-refractivity contribution in [3.8, 4) is 0 Å². The summed E-state index contributed by atoms with van der Waals surface area (Å²) in [6.45, 7) is 2.43. The van der Waals surface area contributed by atoms with Crippen molar-refractivity contribution in [2.75, 3.05) is 19.6 Å². The summed E-state index contributed by atoms with van der Waals surface area (Å²) in [7, 11) is 0. The van der Waals surface area contributed by atoms with E-state index in [2.05, 4.69) is 10.3 Å². The van der Waals surface area contributed by atoms with Crippen molar-refractivity contribution in [1.82, 2.24) is 20.1 Å². The van der Waals surface area contributed by atoms with Crippen molar-refractivity contribution in [2.45, 2.75) is 64.0 Å². The van der Waals surface area contributed by atoms with E-state index in [1.165, 1.54) is 9.80 Å². The Morgan fingerprint density at radius 3 is 2.60 bits per heavy atom. The number of nitrogens with one attached hydrogen (secondary N) is 2. The van der Waals surface area contributed by atoms with Gasteiger partial charge in [0, 0.05) is 30.2 Å². The van der Waals surface area contributed by atoms with Gasteiger partial charge in [0.05, 0.1) is 13.0 Å². The Hall–Kier alpha value is -4.14. The lowest BCUT2D eigenvalue weighted by atomic mass is 10.1. The molecule has 3 N–H and O–H groups in total. The van der Waals surface area contributed by atoms with Gasteiger partial charge >= 0.3 is 5.97 Å². The van der Waals surface area contributed by atoms with Crippen molar-refractivity contribution in [1.29, 1.82) is 0 Å². The molecule has 1 unspecified atom stereocenters. The van der Waals surface area contributed by atoms with E-state index in [1.54, 1.807) is 0 Å². The van der Waals surface area contributed by atoms with Crippen LogP contribution < -0.4 is 5.32 Å². The van der Waals surface area contributed by atoms with Crippen LogP contribution in [0.25, 0.3) is 10.9 Å². The molecule has 212 valence electrons. The van der Waals surface area contributed by atoms with Gasteiger partial charge < -0.3 is 25.2 Å². The smallest absolute Gasteiger partial charge is 0.326 e. The molecule has 1 aromatic heterocycles. The largest absolute Gasteiger partial charge is 0.480 e. The van der Waals surface area contributed by atoms with E-state index in [-0.39, 0.29) is 37.2 Å². The Labute approximate surface area is 234 Å². The van der Waals surface area contributed by atoms with Crippen LogP contribution in [0.1, 0.15) is 50.2 Å². The molecular formula is C31H38N4O5. The first-order valence-corrected chi connectivity index (χ1v) is 14.1. The van der Waals surface area contributed by atoms with Gasteiger partial charge in [0.15, 0.2) is 0 Å². The predicted octanol–water partition coefficient (Wildman–Crippen LogP) is 3.53. The molecule has 4 rings (SSSR count). The third kappa shape index (κ3) is 7.28. The number of aromatic nitrogens is 1. The van der Waals surface area contributed by atoms with Crippen molar-refractivity contribution >= 4 is 34.6 Å². The Bertz CT molecular complexity index is 1320. The highest BCUT2D eigenvalue weighted by molar-refractivity contribution is 5.93. The van der Waals surface area contributed by atoms with Gasteiger partial charge in [-0.3, -0.25) is 14.4 Å². The van der Waals surface area contributed by atoms with Crippen LogP contribution in [0.4, 0.5) is 0 Å². The van der Waals surface area contributed by atoms with Crippen LogP contribution in [0.2, 0.25) is 0 Å². The Morgan fingerprint density at radius 2 is 1.85 bits per heavy atom. The second-order valence-electron chi connectivity index (χ2n) is 10.4. The SMILES string of the molecule is CCCC[C@H](NC(=O)Cc1c[nH]c2ccccc12)C(=O)N(CCc1ccccc1)CC(=O)N1CCCC1C(=O)O. The molecule has 0 aliphatic carbocycles. The summed E-state index contributed by atoms with van der Waals surface area (Å²) in [6.07, 6.45) is 5.52. The number of likely N-dealkylation sites (tertiary alicyclic amines) is 1. The lowest BCUT2D eigenvalue weighted by molar-refractivity contribution is -0.150. The second-order valence-corrected chi connectivity index (χ2v) is 10.4. The van der Waals surface area contributed by atoms with Crippen LogP contribution in [-0.2, 0) is 32.0 Å². The van der Waals surface area contributed by atoms with Crippen LogP contribution in [0.5, 0.6) is 0 Å². The lowest BCUT2D eigenvalue weighted by Crippen LogP contribution is -2.53. The predicted molar refractivity (Wildman–Crippen MR) is 153 cm³/mol. The van der Waals surface area contributed by atoms with Crippen molar-refractivity contribution in [2.24, 2.45) is 0 Å². The number of carboxylic acid groups (broad SMARTS) is 1. The minimum Gasteiger partial charge on any atom is -0.480 e. The summed E-state index contributed by atoms with van der Waals surface area (Å²) in [5, 5.41) is 13.5. The van der Waals surface area contributed by atoms with Gasteiger partial charge in [-0.05, 0) is 42.9 Å². The molecule has 1 saturated heterocycles. The van der Waals surface area contributed by atoms with Gasteiger partial charge in [-0.15, -0.1) is 0 Å². The fourth-order valence-electron chi connectivity index (χ4n) is 5.33. The van der Waals surface area contributed by atoms with Crippen molar-refractivity contribution in [3.05, 3.63) is 71.9 Å². The molecule has 0 radical (unpaired) electrons. The van der Waals surface area contributed by atoms with E-state index < -0.39 is 18.1 Å². The Morgan fingerprint density at radius 1 is 1.10 bits per heavy atom. The molecule has 1 fully saturated rings. The lowest BCUT2D eigenvalue weighted by Gasteiger charge is -2.30. The quantitative estimate of drug-likeness (QED) is 0.303. The highest BCUT2D eigenvalue weighted by Crippen LogP contribution is 2.20. The minimum absolute atomic E-state index is 0.122. The number of hydrogen-bond donors (Lipinski definition) is 3. The zero-order chi connectivity index (χ0) is 28.5. The van der Waals surface area contributed by atoms with E-state index in [0.717, 1.165) is 34.9 Å². The number of nitrogens with zero attached hydrogens (tertiary/aromatic N) is 2. The Kier molecular flexibility index (Phi) is 9.94. The first-order chi connectivity index (χ1) is 19.4. The Balaban J connectivity index is 1.50. The molecule has 9 nitrogen and oxygen atoms in total. The highest BCUT2D eigenvalue weighted by atomic mass is 16.4. The number of benzene rings is 2. The number of fused-ring (bicyclic) bond motifs is 1. The van der Waals surface area contributed by atoms with Gasteiger partial charge in [-0.25, -0.2) is 4.79 Å². The summed E-state index contributed by atoms with van der Waals surface area (Å²) >= 11 is 0. The number of aliphatic carboxylic acids is 1. The molecule has 0 saturated carbocycles. The third-order valence-electron chi connectivity index (χ3n) is 7.51. The van der Waals surface area contributed by atoms with Crippen LogP contribution in [-0.4, -0.2) is 75.3 Å². The van der Waals surface area contributed by atoms with Gasteiger partial charge in [0.2, 0.25) is 17.7 Å². The summed E-state index contributed by atoms with van der Waals surface area (Å²) in [6, 6.07) is 15.8. The molecule has 2 heterocycles. The van der Waals surface area contributed by atoms with Crippen LogP contribution in [0, 0.1) is 0 Å². The maximum absolute atomic E-state index is 13.9. The van der Waals surface area contributed by atoms with Crippen LogP contribution in [0.15, 0.2) is 60.8 Å². The number of amides is 3. The third-order valence-corrected chi connectivity index (χ3v) is 7.51. The van der Waals surface area contributed by atoms with Gasteiger partial charge in [0.25, 0.3) is 0 Å². The fourth-order valence-corrected chi connectivity index (χ4v) is 5.33. The zero-order valence-corrected chi connectivity index (χ0v) is 23.0. The zero-order valence-electron chi connectivity index (χ0n) is 23.0. The normalized spacial score (nSPS) is 15.6. The van der Waals surface area contributed by atoms with Crippen molar-refractivity contribution in [3.63, 3.8) is 0 Å². The molecule has 1 aliphatic rings. The molecular weight excluding hydrogens is 508 g/mol. The maximum atomic E-state index is 13.9. The molecule has 2 aromatic carbocycles. The average Bonchev–Trinajstić information content (AvgIpc) is 3.61. The molecule has 0 spiro atoms. The molecule has 1 aliphatic heterocycles. The first-order valence-electron chi connectivity index (χ1n) is 14.1. The summed E-state index contributed by atoms with van der Waals surface area (Å²) in [4.78, 5) is 58.0. The van der Waals surface area contributed by atoms with Gasteiger partial charge in [-0.2, -0.15) is 0 Å². The number of carbonyl (C=O) groups is 4. The van der Waals surface area contributed by atoms with Gasteiger partial charge in [0.1, 0.15) is 12.1 Å². The van der Waals surface area contributed by atoms with E-state index in [4.69, 9.17) is 0 Å². The minimum atomic E-state index is -1.03. The number of H-pyrrole nitrogens is 1. The maximum Gasteiger partial charge on any atom is 0.326 e. The average molecular weight is 547 g/mol. The molecule has 40 heavy (non-hydrogen) atoms. The molecule has 3 aromatic rings. The molecule has 9 heteroatoms. The van der Waals surface area contributed by atoms with Crippen molar-refractivity contribution < 1.29 is 24.3 Å². The van der Waals surface area contributed by atoms with Gasteiger partial charge in [-0.1, -0.05) is 68.3 Å². The van der Waals surface area contributed by atoms with E-state index in [0.29, 0.717) is 32.2 Å². The molecule has 0 bridgehead atoms. The van der Waals surface area contributed by atoms with E-state index >= 15 is 0 Å². The molecule has 3 amide bonds. The van der Waals surface area contributed by atoms with E-state index in [1.807, 2.05) is 67.7 Å². The summed E-state index contributed by atoms with van der Waals surface area (Å²) in [5.74, 6) is -2.00. The standard InChI is InChI=1S/C31H38N4O5/c1-2-3-13-26(33-28(36)19-23-20-32-25-14-8-7-12-24(23)25)30(38)34(18-16-22-10-5-4-6-11-22)21-29(37)35-17-9-15-27(35)31(39)40/h4-8,10-12,14,20,26-27,32H,2-3,9,13,15-19,21H2,1H3,(H,33,36)(H,39,40)/t26-,27?/m0/s1. The number of aromatic amines is 1. The number of carbonyl (C=O) groups excluding carboxylic acids is 3. The number of hydrogen-bond acceptors (Lipinski definition) is 4. The van der Waals surface area contributed by atoms with Crippen LogP contribution in [0.3, 0.4) is 0 Å². The topological polar surface area (TPSA) is 123 Å². The first kappa shape index (κ1) is 28.9. The monoisotopic (exact) mass is 546 g/mol. The van der Waals surface area contributed by atoms with Crippen LogP contribution >= 0.6 is 0 Å². The number of unbranched alkanes of at least 4 members (excludes halogenated alkanes) is 1. The second kappa shape index (κ2) is 13.8. The fraction of sp³-hybridized carbons (Fsp3) is 0.419. The number of rotatable bonds is 13. The number of para-hydroxylation sites is 1. The number of carboxylic acids is 1. The summed E-state index contributed by atoms with van der Waals surface area (Å²) < 4.78 is 0.